The molecule has 0 saturated heterocycles. The third-order valence-corrected chi connectivity index (χ3v) is 5.38. The minimum absolute atomic E-state index is 0.410. The maximum atomic E-state index is 12.8. The third kappa shape index (κ3) is 3.05. The number of carbonyl (C=O) groups is 2. The van der Waals surface area contributed by atoms with Crippen LogP contribution in [0.1, 0.15) is 47.8 Å². The summed E-state index contributed by atoms with van der Waals surface area (Å²) in [6.45, 7) is 5.37. The number of benzene rings is 3. The van der Waals surface area contributed by atoms with Gasteiger partial charge in [-0.15, -0.1) is 0 Å². The molecule has 7 nitrogen and oxygen atoms in total. The van der Waals surface area contributed by atoms with Crippen LogP contribution in [0.15, 0.2) is 60.7 Å². The van der Waals surface area contributed by atoms with Crippen LogP contribution in [0.3, 0.4) is 0 Å². The highest BCUT2D eigenvalue weighted by molar-refractivity contribution is 5.97. The highest BCUT2D eigenvalue weighted by atomic mass is 16.6. The number of nitrogens with one attached hydrogen (secondary N) is 1. The number of amides is 1. The van der Waals surface area contributed by atoms with E-state index in [1.807, 2.05) is 18.2 Å². The molecule has 0 aromatic heterocycles. The summed E-state index contributed by atoms with van der Waals surface area (Å²) in [6, 6.07) is 17.8. The van der Waals surface area contributed by atoms with Gasteiger partial charge in [0.2, 0.25) is 0 Å². The lowest BCUT2D eigenvalue weighted by Gasteiger charge is -2.36. The van der Waals surface area contributed by atoms with Crippen molar-refractivity contribution in [2.24, 2.45) is 0 Å². The van der Waals surface area contributed by atoms with Crippen molar-refractivity contribution in [3.05, 3.63) is 82.9 Å². The number of nitrogens with two attached hydrogens (primary N) is 1. The Morgan fingerprint density at radius 1 is 0.969 bits per heavy atom. The molecule has 0 radical (unpaired) electrons. The van der Waals surface area contributed by atoms with Crippen molar-refractivity contribution in [2.75, 3.05) is 11.1 Å². The van der Waals surface area contributed by atoms with E-state index in [9.17, 15) is 9.59 Å². The first-order valence-corrected chi connectivity index (χ1v) is 10.2. The Morgan fingerprint density at radius 3 is 2.41 bits per heavy atom. The number of ether oxygens (including phenoxy) is 3. The van der Waals surface area contributed by atoms with Crippen LogP contribution in [0.5, 0.6) is 11.5 Å². The molecule has 0 bridgehead atoms. The number of esters is 1. The molecule has 0 fully saturated rings. The number of fused-ring (bicyclic) bond motifs is 6. The monoisotopic (exact) mass is 430 g/mol. The second-order valence-corrected chi connectivity index (χ2v) is 8.81. The second-order valence-electron chi connectivity index (χ2n) is 8.81. The van der Waals surface area contributed by atoms with Crippen molar-refractivity contribution >= 4 is 23.4 Å². The summed E-state index contributed by atoms with van der Waals surface area (Å²) in [4.78, 5) is 25.0. The predicted molar refractivity (Wildman–Crippen MR) is 119 cm³/mol. The van der Waals surface area contributed by atoms with Gasteiger partial charge in [-0.3, -0.25) is 5.32 Å². The Morgan fingerprint density at radius 2 is 1.66 bits per heavy atom. The summed E-state index contributed by atoms with van der Waals surface area (Å²) >= 11 is 0. The number of rotatable bonds is 1. The average Bonchev–Trinajstić information content (AvgIpc) is 3.00. The van der Waals surface area contributed by atoms with Crippen molar-refractivity contribution in [2.45, 2.75) is 32.0 Å². The van der Waals surface area contributed by atoms with Gasteiger partial charge in [0.15, 0.2) is 5.60 Å². The van der Waals surface area contributed by atoms with Gasteiger partial charge < -0.3 is 19.9 Å². The van der Waals surface area contributed by atoms with Crippen molar-refractivity contribution in [3.8, 4) is 11.5 Å². The van der Waals surface area contributed by atoms with Gasteiger partial charge in [-0.25, -0.2) is 9.59 Å². The molecule has 0 saturated carbocycles. The van der Waals surface area contributed by atoms with Crippen molar-refractivity contribution < 1.29 is 23.8 Å². The molecule has 5 rings (SSSR count). The molecular formula is C25H22N2O5. The molecule has 3 aromatic carbocycles. The van der Waals surface area contributed by atoms with Crippen LogP contribution in [0, 0.1) is 0 Å². The van der Waals surface area contributed by atoms with Crippen molar-refractivity contribution in [1.29, 1.82) is 0 Å². The van der Waals surface area contributed by atoms with Crippen LogP contribution < -0.4 is 15.8 Å². The zero-order valence-corrected chi connectivity index (χ0v) is 17.9. The normalized spacial score (nSPS) is 18.2. The highest BCUT2D eigenvalue weighted by Crippen LogP contribution is 2.56. The summed E-state index contributed by atoms with van der Waals surface area (Å²) < 4.78 is 17.6. The molecule has 3 N–H and O–H groups in total. The zero-order valence-electron chi connectivity index (χ0n) is 17.9. The number of nitrogen functional groups attached to an aromatic ring is 1. The fraction of sp³-hybridized carbons (Fsp3) is 0.200. The molecule has 0 aliphatic carbocycles. The maximum absolute atomic E-state index is 12.8. The van der Waals surface area contributed by atoms with Crippen LogP contribution in [0.4, 0.5) is 16.2 Å². The summed E-state index contributed by atoms with van der Waals surface area (Å²) in [5, 5.41) is 2.72. The Kier molecular flexibility index (Phi) is 4.20. The lowest BCUT2D eigenvalue weighted by Crippen LogP contribution is -2.33. The molecule has 3 aromatic rings. The van der Waals surface area contributed by atoms with Gasteiger partial charge in [0.05, 0.1) is 5.56 Å². The fourth-order valence-corrected chi connectivity index (χ4v) is 4.19. The van der Waals surface area contributed by atoms with Gasteiger partial charge in [0, 0.05) is 40.2 Å². The molecule has 1 atom stereocenters. The van der Waals surface area contributed by atoms with E-state index in [4.69, 9.17) is 19.9 Å². The van der Waals surface area contributed by atoms with E-state index in [1.54, 1.807) is 63.2 Å². The van der Waals surface area contributed by atoms with E-state index in [2.05, 4.69) is 5.32 Å². The minimum atomic E-state index is -1.17. The van der Waals surface area contributed by atoms with Crippen LogP contribution in [0.2, 0.25) is 0 Å². The number of anilines is 2. The van der Waals surface area contributed by atoms with Crippen LogP contribution in [-0.2, 0) is 15.1 Å². The summed E-state index contributed by atoms with van der Waals surface area (Å²) in [5.74, 6) is 0.518. The van der Waals surface area contributed by atoms with Gasteiger partial charge in [-0.2, -0.15) is 0 Å². The zero-order chi connectivity index (χ0) is 22.7. The van der Waals surface area contributed by atoms with Crippen LogP contribution in [0.25, 0.3) is 0 Å². The Hall–Kier alpha value is -4.00. The highest BCUT2D eigenvalue weighted by Gasteiger charge is 2.53. The first-order valence-electron chi connectivity index (χ1n) is 10.2. The van der Waals surface area contributed by atoms with Crippen molar-refractivity contribution in [3.63, 3.8) is 0 Å². The number of hydrogen-bond donors (Lipinski definition) is 2. The van der Waals surface area contributed by atoms with Gasteiger partial charge in [0.25, 0.3) is 0 Å². The topological polar surface area (TPSA) is 99.9 Å². The van der Waals surface area contributed by atoms with E-state index in [0.717, 1.165) is 5.56 Å². The molecule has 32 heavy (non-hydrogen) atoms. The summed E-state index contributed by atoms with van der Waals surface area (Å²) in [6.07, 6.45) is -0.578. The largest absolute Gasteiger partial charge is 0.456 e. The summed E-state index contributed by atoms with van der Waals surface area (Å²) in [5.41, 5.74) is 7.78. The Balaban J connectivity index is 1.65. The Labute approximate surface area is 185 Å². The van der Waals surface area contributed by atoms with E-state index in [0.29, 0.717) is 39.6 Å². The quantitative estimate of drug-likeness (QED) is 0.407. The molecule has 1 spiro atoms. The molecular weight excluding hydrogens is 408 g/mol. The predicted octanol–water partition coefficient (Wildman–Crippen LogP) is 5.18. The first-order chi connectivity index (χ1) is 15.2. The minimum Gasteiger partial charge on any atom is -0.456 e. The molecule has 2 aliphatic rings. The lowest BCUT2D eigenvalue weighted by molar-refractivity contribution is 0.0224. The molecule has 1 unspecified atom stereocenters. The standard InChI is InChI=1S/C25H22N2O5/c1-24(2,3)32-23(29)27-15-9-11-19-21(13-15)30-20-12-14(26)8-10-18(20)25(19)17-7-5-4-6-16(17)22(28)31-25/h4-13H,26H2,1-3H3,(H,27,29). The summed E-state index contributed by atoms with van der Waals surface area (Å²) in [7, 11) is 0. The van der Waals surface area contributed by atoms with Gasteiger partial charge in [0.1, 0.15) is 17.1 Å². The van der Waals surface area contributed by atoms with Gasteiger partial charge in [-0.1, -0.05) is 18.2 Å². The van der Waals surface area contributed by atoms with Crippen LogP contribution >= 0.6 is 0 Å². The molecule has 1 amide bonds. The third-order valence-electron chi connectivity index (χ3n) is 5.38. The molecule has 2 aliphatic heterocycles. The first kappa shape index (κ1) is 19.9. The smallest absolute Gasteiger partial charge is 0.412 e. The van der Waals surface area contributed by atoms with Crippen LogP contribution in [-0.4, -0.2) is 17.7 Å². The van der Waals surface area contributed by atoms with Gasteiger partial charge >= 0.3 is 12.1 Å². The van der Waals surface area contributed by atoms with E-state index in [1.165, 1.54) is 0 Å². The van der Waals surface area contributed by atoms with E-state index < -0.39 is 23.3 Å². The van der Waals surface area contributed by atoms with Crippen molar-refractivity contribution in [1.82, 2.24) is 0 Å². The average molecular weight is 430 g/mol. The lowest BCUT2D eigenvalue weighted by atomic mass is 9.77. The molecule has 2 heterocycles. The Bertz CT molecular complexity index is 1280. The van der Waals surface area contributed by atoms with Gasteiger partial charge in [-0.05, 0) is 51.1 Å². The maximum Gasteiger partial charge on any atom is 0.412 e. The van der Waals surface area contributed by atoms with E-state index >= 15 is 0 Å². The molecule has 7 heteroatoms. The number of carbonyl (C=O) groups excluding carboxylic acids is 2. The second kappa shape index (κ2) is 6.75. The fourth-order valence-electron chi connectivity index (χ4n) is 4.19. The van der Waals surface area contributed by atoms with E-state index in [-0.39, 0.29) is 0 Å². The molecule has 162 valence electrons. The SMILES string of the molecule is CC(C)(C)OC(=O)Nc1ccc2c(c1)Oc1cc(N)ccc1C21OC(=O)c2ccccc21. The number of hydrogen-bond acceptors (Lipinski definition) is 6.